The molecule has 1 heterocycles. The predicted octanol–water partition coefficient (Wildman–Crippen LogP) is 1.01. The largest absolute Gasteiger partial charge is 0.313 e. The normalized spacial score (nSPS) is 11.2. The molecule has 0 aromatic carbocycles. The Hall–Kier alpha value is -0.870. The highest BCUT2D eigenvalue weighted by Crippen LogP contribution is 1.85. The fraction of sp³-hybridized carbons (Fsp3) is 0.500. The molecule has 0 saturated heterocycles. The highest BCUT2D eigenvalue weighted by molar-refractivity contribution is 6.25. The molecule has 0 amide bonds. The van der Waals surface area contributed by atoms with Gasteiger partial charge in [-0.25, -0.2) is 0 Å². The van der Waals surface area contributed by atoms with Gasteiger partial charge in [-0.15, -0.1) is 5.10 Å². The van der Waals surface area contributed by atoms with Crippen LogP contribution in [-0.2, 0) is 6.54 Å². The second kappa shape index (κ2) is 6.62. The van der Waals surface area contributed by atoms with Gasteiger partial charge in [-0.3, -0.25) is 4.68 Å². The first-order valence-corrected chi connectivity index (χ1v) is 4.67. The zero-order valence-electron chi connectivity index (χ0n) is 7.36. The Kier molecular flexibility index (Phi) is 5.20. The summed E-state index contributed by atoms with van der Waals surface area (Å²) >= 11 is 5.35. The lowest BCUT2D eigenvalue weighted by Crippen LogP contribution is -2.16. The summed E-state index contributed by atoms with van der Waals surface area (Å²) in [6.45, 7) is 2.68. The number of aromatic nitrogens is 3. The lowest BCUT2D eigenvalue weighted by atomic mass is 10.4. The third-order valence-corrected chi connectivity index (χ3v) is 1.74. The molecule has 0 fully saturated rings. The van der Waals surface area contributed by atoms with Crippen molar-refractivity contribution in [1.29, 1.82) is 0 Å². The van der Waals surface area contributed by atoms with Gasteiger partial charge in [-0.05, 0) is 13.0 Å². The van der Waals surface area contributed by atoms with Gasteiger partial charge in [0.25, 0.3) is 0 Å². The first kappa shape index (κ1) is 10.2. The Balaban J connectivity index is 1.96. The number of rotatable bonds is 6. The summed E-state index contributed by atoms with van der Waals surface area (Å²) < 4.78 is 1.82. The molecule has 0 atom stereocenters. The average Bonchev–Trinajstić information content (AvgIpc) is 2.63. The van der Waals surface area contributed by atoms with Crippen LogP contribution in [0.1, 0.15) is 6.42 Å². The van der Waals surface area contributed by atoms with Crippen LogP contribution in [-0.4, -0.2) is 28.1 Å². The number of hydrogen-bond acceptors (Lipinski definition) is 3. The second-order valence-corrected chi connectivity index (χ2v) is 2.84. The molecule has 1 aromatic heterocycles. The molecule has 0 spiro atoms. The Morgan fingerprint density at radius 1 is 1.54 bits per heavy atom. The van der Waals surface area contributed by atoms with E-state index >= 15 is 0 Å². The van der Waals surface area contributed by atoms with Crippen molar-refractivity contribution in [3.8, 4) is 0 Å². The van der Waals surface area contributed by atoms with Crippen LogP contribution in [0.2, 0.25) is 0 Å². The maximum atomic E-state index is 5.35. The van der Waals surface area contributed by atoms with Crippen LogP contribution in [0.15, 0.2) is 24.0 Å². The summed E-state index contributed by atoms with van der Waals surface area (Å²) in [7, 11) is 0. The first-order valence-electron chi connectivity index (χ1n) is 4.23. The lowest BCUT2D eigenvalue weighted by molar-refractivity contribution is 0.540. The van der Waals surface area contributed by atoms with Gasteiger partial charge in [-0.1, -0.05) is 22.9 Å². The van der Waals surface area contributed by atoms with Crippen molar-refractivity contribution >= 4 is 11.6 Å². The topological polar surface area (TPSA) is 42.7 Å². The van der Waals surface area contributed by atoms with E-state index in [1.54, 1.807) is 6.20 Å². The van der Waals surface area contributed by atoms with Crippen molar-refractivity contribution in [2.75, 3.05) is 13.1 Å². The highest BCUT2D eigenvalue weighted by Gasteiger charge is 1.90. The maximum Gasteiger partial charge on any atom is 0.0692 e. The quantitative estimate of drug-likeness (QED) is 0.697. The van der Waals surface area contributed by atoms with E-state index in [0.29, 0.717) is 0 Å². The van der Waals surface area contributed by atoms with Gasteiger partial charge in [0.05, 0.1) is 6.20 Å². The SMILES string of the molecule is Cl/C=C/CNCCCn1ccnn1. The van der Waals surface area contributed by atoms with E-state index in [1.807, 2.05) is 17.0 Å². The molecule has 13 heavy (non-hydrogen) atoms. The summed E-state index contributed by atoms with van der Waals surface area (Å²) in [6, 6.07) is 0. The molecule has 0 unspecified atom stereocenters. The van der Waals surface area contributed by atoms with Crippen molar-refractivity contribution in [3.63, 3.8) is 0 Å². The van der Waals surface area contributed by atoms with Crippen LogP contribution in [0, 0.1) is 0 Å². The van der Waals surface area contributed by atoms with Gasteiger partial charge in [0.2, 0.25) is 0 Å². The molecule has 0 aliphatic carbocycles. The van der Waals surface area contributed by atoms with E-state index < -0.39 is 0 Å². The molecular weight excluding hydrogens is 188 g/mol. The monoisotopic (exact) mass is 200 g/mol. The molecule has 72 valence electrons. The summed E-state index contributed by atoms with van der Waals surface area (Å²) in [4.78, 5) is 0. The summed E-state index contributed by atoms with van der Waals surface area (Å²) in [5.74, 6) is 0. The fourth-order valence-corrected chi connectivity index (χ4v) is 1.04. The van der Waals surface area contributed by atoms with Crippen LogP contribution >= 0.6 is 11.6 Å². The van der Waals surface area contributed by atoms with E-state index in [-0.39, 0.29) is 0 Å². The third-order valence-electron chi connectivity index (χ3n) is 1.56. The average molecular weight is 201 g/mol. The Bertz CT molecular complexity index is 232. The van der Waals surface area contributed by atoms with Gasteiger partial charge in [0.15, 0.2) is 0 Å². The Morgan fingerprint density at radius 2 is 2.46 bits per heavy atom. The highest BCUT2D eigenvalue weighted by atomic mass is 35.5. The van der Waals surface area contributed by atoms with Crippen molar-refractivity contribution in [2.24, 2.45) is 0 Å². The molecule has 1 rings (SSSR count). The predicted molar refractivity (Wildman–Crippen MR) is 52.5 cm³/mol. The number of hydrogen-bond donors (Lipinski definition) is 1. The Morgan fingerprint density at radius 3 is 3.15 bits per heavy atom. The summed E-state index contributed by atoms with van der Waals surface area (Å²) in [6.07, 6.45) is 6.46. The van der Waals surface area contributed by atoms with E-state index in [0.717, 1.165) is 26.1 Å². The number of halogens is 1. The van der Waals surface area contributed by atoms with Crippen molar-refractivity contribution in [2.45, 2.75) is 13.0 Å². The lowest BCUT2D eigenvalue weighted by Gasteiger charge is -2.00. The van der Waals surface area contributed by atoms with Crippen molar-refractivity contribution < 1.29 is 0 Å². The molecule has 4 nitrogen and oxygen atoms in total. The number of aryl methyl sites for hydroxylation is 1. The minimum Gasteiger partial charge on any atom is -0.313 e. The molecule has 0 aliphatic rings. The van der Waals surface area contributed by atoms with Gasteiger partial charge < -0.3 is 5.32 Å². The van der Waals surface area contributed by atoms with E-state index in [2.05, 4.69) is 15.6 Å². The second-order valence-electron chi connectivity index (χ2n) is 2.59. The zero-order valence-corrected chi connectivity index (χ0v) is 8.11. The van der Waals surface area contributed by atoms with Gasteiger partial charge in [0.1, 0.15) is 0 Å². The van der Waals surface area contributed by atoms with Crippen LogP contribution < -0.4 is 5.32 Å². The number of nitrogens with zero attached hydrogens (tertiary/aromatic N) is 3. The van der Waals surface area contributed by atoms with Gasteiger partial charge in [-0.2, -0.15) is 0 Å². The van der Waals surface area contributed by atoms with Crippen LogP contribution in [0.4, 0.5) is 0 Å². The summed E-state index contributed by atoms with van der Waals surface area (Å²) in [5, 5.41) is 10.8. The zero-order chi connectivity index (χ0) is 9.36. The minimum atomic E-state index is 0.820. The van der Waals surface area contributed by atoms with E-state index in [9.17, 15) is 0 Å². The maximum absolute atomic E-state index is 5.35. The van der Waals surface area contributed by atoms with Crippen LogP contribution in [0.25, 0.3) is 0 Å². The molecule has 0 bridgehead atoms. The number of nitrogens with one attached hydrogen (secondary N) is 1. The molecule has 0 radical (unpaired) electrons. The molecule has 0 saturated carbocycles. The molecular formula is C8H13ClN4. The Labute approximate surface area is 82.6 Å². The molecule has 1 N–H and O–H groups in total. The van der Waals surface area contributed by atoms with Crippen LogP contribution in [0.3, 0.4) is 0 Å². The van der Waals surface area contributed by atoms with Gasteiger partial charge in [0, 0.05) is 24.8 Å². The first-order chi connectivity index (χ1) is 6.43. The summed E-state index contributed by atoms with van der Waals surface area (Å²) in [5.41, 5.74) is 1.52. The van der Waals surface area contributed by atoms with Crippen molar-refractivity contribution in [3.05, 3.63) is 24.0 Å². The minimum absolute atomic E-state index is 0.820. The van der Waals surface area contributed by atoms with Gasteiger partial charge >= 0.3 is 0 Å². The smallest absolute Gasteiger partial charge is 0.0692 e. The van der Waals surface area contributed by atoms with E-state index in [4.69, 9.17) is 11.6 Å². The van der Waals surface area contributed by atoms with E-state index in [1.165, 1.54) is 5.54 Å². The molecule has 5 heteroatoms. The van der Waals surface area contributed by atoms with Crippen molar-refractivity contribution in [1.82, 2.24) is 20.3 Å². The van der Waals surface area contributed by atoms with Crippen LogP contribution in [0.5, 0.6) is 0 Å². The third kappa shape index (κ3) is 4.65. The molecule has 1 aromatic rings. The fourth-order valence-electron chi connectivity index (χ4n) is 0.948. The standard InChI is InChI=1S/C8H13ClN4/c9-3-1-4-10-5-2-7-13-8-6-11-12-13/h1,3,6,8,10H,2,4-5,7H2/b3-1+. The molecule has 0 aliphatic heterocycles.